The number of carbonyl (C=O) groups excluding carboxylic acids is 1. The molecule has 1 aliphatic heterocycles. The number of amides is 1. The van der Waals surface area contributed by atoms with Gasteiger partial charge in [0.1, 0.15) is 5.82 Å². The standard InChI is InChI=1S/C21H24N4O/c1-15(2)25-19-13-22-10-8-18(19)23-21(25)17-9-11-24(14-17)20(26)12-16-6-4-3-5-7-16/h3-8,10,13,15,17H,9,11-12,14H2,1-2H3/t17-/m0/s1. The van der Waals surface area contributed by atoms with Crippen molar-refractivity contribution in [2.24, 2.45) is 0 Å². The third-order valence-electron chi connectivity index (χ3n) is 5.14. The molecule has 0 radical (unpaired) electrons. The Morgan fingerprint density at radius 2 is 2.04 bits per heavy atom. The smallest absolute Gasteiger partial charge is 0.227 e. The van der Waals surface area contributed by atoms with E-state index in [1.54, 1.807) is 6.20 Å². The van der Waals surface area contributed by atoms with Crippen LogP contribution in [0.25, 0.3) is 11.0 Å². The Hall–Kier alpha value is -2.69. The van der Waals surface area contributed by atoms with Crippen molar-refractivity contribution in [3.63, 3.8) is 0 Å². The van der Waals surface area contributed by atoms with Crippen LogP contribution in [0, 0.1) is 0 Å². The summed E-state index contributed by atoms with van der Waals surface area (Å²) >= 11 is 0. The highest BCUT2D eigenvalue weighted by Crippen LogP contribution is 2.31. The maximum absolute atomic E-state index is 12.7. The average molecular weight is 348 g/mol. The molecule has 5 nitrogen and oxygen atoms in total. The Kier molecular flexibility index (Phi) is 4.45. The lowest BCUT2D eigenvalue weighted by atomic mass is 10.1. The Bertz CT molecular complexity index is 916. The number of hydrogen-bond donors (Lipinski definition) is 0. The van der Waals surface area contributed by atoms with Gasteiger partial charge in [-0.25, -0.2) is 4.98 Å². The van der Waals surface area contributed by atoms with Gasteiger partial charge in [-0.1, -0.05) is 30.3 Å². The van der Waals surface area contributed by atoms with E-state index in [1.807, 2.05) is 47.5 Å². The first kappa shape index (κ1) is 16.8. The number of pyridine rings is 1. The maximum atomic E-state index is 12.7. The van der Waals surface area contributed by atoms with E-state index in [0.717, 1.165) is 41.9 Å². The Balaban J connectivity index is 1.55. The average Bonchev–Trinajstić information content (AvgIpc) is 3.27. The second kappa shape index (κ2) is 6.90. The van der Waals surface area contributed by atoms with E-state index in [-0.39, 0.29) is 11.8 Å². The van der Waals surface area contributed by atoms with Gasteiger partial charge in [0.2, 0.25) is 5.91 Å². The first-order chi connectivity index (χ1) is 12.6. The van der Waals surface area contributed by atoms with E-state index < -0.39 is 0 Å². The quantitative estimate of drug-likeness (QED) is 0.724. The minimum absolute atomic E-state index is 0.201. The number of likely N-dealkylation sites (tertiary alicyclic amines) is 1. The summed E-state index contributed by atoms with van der Waals surface area (Å²) in [6, 6.07) is 12.2. The summed E-state index contributed by atoms with van der Waals surface area (Å²) in [5.41, 5.74) is 3.13. The Morgan fingerprint density at radius 3 is 2.81 bits per heavy atom. The molecule has 1 aromatic carbocycles. The number of imidazole rings is 1. The molecule has 4 rings (SSSR count). The topological polar surface area (TPSA) is 51.0 Å². The number of rotatable bonds is 4. The predicted octanol–water partition coefficient (Wildman–Crippen LogP) is 3.57. The summed E-state index contributed by atoms with van der Waals surface area (Å²) in [6.07, 6.45) is 5.11. The Morgan fingerprint density at radius 1 is 1.23 bits per heavy atom. The lowest BCUT2D eigenvalue weighted by molar-refractivity contribution is -0.129. The largest absolute Gasteiger partial charge is 0.342 e. The minimum Gasteiger partial charge on any atom is -0.342 e. The van der Waals surface area contributed by atoms with Crippen molar-refractivity contribution >= 4 is 16.9 Å². The second-order valence-electron chi connectivity index (χ2n) is 7.29. The molecule has 1 fully saturated rings. The zero-order chi connectivity index (χ0) is 18.1. The summed E-state index contributed by atoms with van der Waals surface area (Å²) < 4.78 is 2.28. The highest BCUT2D eigenvalue weighted by molar-refractivity contribution is 5.79. The van der Waals surface area contributed by atoms with E-state index in [1.165, 1.54) is 0 Å². The van der Waals surface area contributed by atoms with Gasteiger partial charge in [0, 0.05) is 31.2 Å². The van der Waals surface area contributed by atoms with Crippen molar-refractivity contribution < 1.29 is 4.79 Å². The van der Waals surface area contributed by atoms with Gasteiger partial charge < -0.3 is 9.47 Å². The predicted molar refractivity (Wildman–Crippen MR) is 102 cm³/mol. The maximum Gasteiger partial charge on any atom is 0.227 e. The third-order valence-corrected chi connectivity index (χ3v) is 5.14. The zero-order valence-corrected chi connectivity index (χ0v) is 15.3. The van der Waals surface area contributed by atoms with Crippen molar-refractivity contribution in [3.05, 3.63) is 60.2 Å². The van der Waals surface area contributed by atoms with E-state index in [9.17, 15) is 4.79 Å². The molecule has 0 spiro atoms. The van der Waals surface area contributed by atoms with Crippen molar-refractivity contribution in [1.82, 2.24) is 19.4 Å². The molecular weight excluding hydrogens is 324 g/mol. The van der Waals surface area contributed by atoms with Crippen LogP contribution in [0.5, 0.6) is 0 Å². The lowest BCUT2D eigenvalue weighted by Gasteiger charge is -2.19. The summed E-state index contributed by atoms with van der Waals surface area (Å²) in [4.78, 5) is 23.8. The fourth-order valence-electron chi connectivity index (χ4n) is 3.87. The first-order valence-corrected chi connectivity index (χ1v) is 9.27. The zero-order valence-electron chi connectivity index (χ0n) is 15.3. The number of benzene rings is 1. The lowest BCUT2D eigenvalue weighted by Crippen LogP contribution is -2.30. The van der Waals surface area contributed by atoms with E-state index in [0.29, 0.717) is 12.5 Å². The van der Waals surface area contributed by atoms with Crippen molar-refractivity contribution in [2.75, 3.05) is 13.1 Å². The molecule has 3 aromatic rings. The van der Waals surface area contributed by atoms with Crippen LogP contribution in [-0.4, -0.2) is 38.4 Å². The number of nitrogens with zero attached hydrogens (tertiary/aromatic N) is 4. The van der Waals surface area contributed by atoms with Crippen LogP contribution >= 0.6 is 0 Å². The fourth-order valence-corrected chi connectivity index (χ4v) is 3.87. The molecule has 1 amide bonds. The number of aromatic nitrogens is 3. The summed E-state index contributed by atoms with van der Waals surface area (Å²) in [5, 5.41) is 0. The van der Waals surface area contributed by atoms with Crippen LogP contribution in [0.15, 0.2) is 48.8 Å². The van der Waals surface area contributed by atoms with E-state index >= 15 is 0 Å². The number of fused-ring (bicyclic) bond motifs is 1. The Labute approximate surface area is 153 Å². The molecule has 0 unspecified atom stereocenters. The van der Waals surface area contributed by atoms with Gasteiger partial charge in [0.25, 0.3) is 0 Å². The number of carbonyl (C=O) groups is 1. The van der Waals surface area contributed by atoms with Crippen molar-refractivity contribution in [1.29, 1.82) is 0 Å². The summed E-state index contributed by atoms with van der Waals surface area (Å²) in [7, 11) is 0. The summed E-state index contributed by atoms with van der Waals surface area (Å²) in [6.45, 7) is 5.89. The van der Waals surface area contributed by atoms with Gasteiger partial charge in [-0.2, -0.15) is 0 Å². The highest BCUT2D eigenvalue weighted by atomic mass is 16.2. The number of hydrogen-bond acceptors (Lipinski definition) is 3. The van der Waals surface area contributed by atoms with Crippen molar-refractivity contribution in [3.8, 4) is 0 Å². The molecule has 0 aliphatic carbocycles. The molecule has 5 heteroatoms. The molecule has 0 saturated carbocycles. The molecular formula is C21H24N4O. The van der Waals surface area contributed by atoms with Gasteiger partial charge >= 0.3 is 0 Å². The molecule has 0 N–H and O–H groups in total. The molecule has 1 aliphatic rings. The summed E-state index contributed by atoms with van der Waals surface area (Å²) in [5.74, 6) is 1.56. The van der Waals surface area contributed by atoms with Crippen LogP contribution in [0.3, 0.4) is 0 Å². The molecule has 0 bridgehead atoms. The van der Waals surface area contributed by atoms with Crippen LogP contribution in [-0.2, 0) is 11.2 Å². The third kappa shape index (κ3) is 3.09. The molecule has 1 saturated heterocycles. The minimum atomic E-state index is 0.201. The van der Waals surface area contributed by atoms with Crippen LogP contribution < -0.4 is 0 Å². The molecule has 134 valence electrons. The van der Waals surface area contributed by atoms with Gasteiger partial charge in [-0.15, -0.1) is 0 Å². The van der Waals surface area contributed by atoms with E-state index in [2.05, 4.69) is 23.4 Å². The van der Waals surface area contributed by atoms with Crippen LogP contribution in [0.2, 0.25) is 0 Å². The molecule has 1 atom stereocenters. The van der Waals surface area contributed by atoms with Gasteiger partial charge in [-0.05, 0) is 31.9 Å². The van der Waals surface area contributed by atoms with E-state index in [4.69, 9.17) is 4.98 Å². The van der Waals surface area contributed by atoms with Crippen LogP contribution in [0.4, 0.5) is 0 Å². The molecule has 3 heterocycles. The SMILES string of the molecule is CC(C)n1c([C@H]2CCN(C(=O)Cc3ccccc3)C2)nc2ccncc21. The highest BCUT2D eigenvalue weighted by Gasteiger charge is 2.31. The van der Waals surface area contributed by atoms with Crippen molar-refractivity contribution in [2.45, 2.75) is 38.6 Å². The fraction of sp³-hybridized carbons (Fsp3) is 0.381. The second-order valence-corrected chi connectivity index (χ2v) is 7.29. The monoisotopic (exact) mass is 348 g/mol. The normalized spacial score (nSPS) is 17.3. The van der Waals surface area contributed by atoms with Crippen LogP contribution in [0.1, 0.15) is 43.6 Å². The van der Waals surface area contributed by atoms with Gasteiger partial charge in [0.05, 0.1) is 23.7 Å². The molecule has 2 aromatic heterocycles. The van der Waals surface area contributed by atoms with Gasteiger partial charge in [-0.3, -0.25) is 9.78 Å². The first-order valence-electron chi connectivity index (χ1n) is 9.27. The molecule has 26 heavy (non-hydrogen) atoms. The van der Waals surface area contributed by atoms with Gasteiger partial charge in [0.15, 0.2) is 0 Å².